The van der Waals surface area contributed by atoms with Gasteiger partial charge in [0.15, 0.2) is 0 Å². The molecule has 1 aliphatic heterocycles. The van der Waals surface area contributed by atoms with Gasteiger partial charge in [-0.25, -0.2) is 9.97 Å². The summed E-state index contributed by atoms with van der Waals surface area (Å²) < 4.78 is 5.89. The molecule has 0 radical (unpaired) electrons. The Kier molecular flexibility index (Phi) is 3.73. The van der Waals surface area contributed by atoms with E-state index < -0.39 is 0 Å². The summed E-state index contributed by atoms with van der Waals surface area (Å²) in [6, 6.07) is 1.81. The summed E-state index contributed by atoms with van der Waals surface area (Å²) in [7, 11) is 0. The average Bonchev–Trinajstić information content (AvgIpc) is 2.25. The van der Waals surface area contributed by atoms with Crippen LogP contribution in [-0.4, -0.2) is 39.8 Å². The number of hydrogen-bond donors (Lipinski definition) is 1. The van der Waals surface area contributed by atoms with Crippen molar-refractivity contribution in [2.75, 3.05) is 18.0 Å². The van der Waals surface area contributed by atoms with Gasteiger partial charge in [0, 0.05) is 18.8 Å². The van der Waals surface area contributed by atoms with E-state index in [1.54, 1.807) is 6.07 Å². The third-order valence-corrected chi connectivity index (χ3v) is 3.16. The first-order valence-electron chi connectivity index (χ1n) is 6.35. The molecule has 1 unspecified atom stereocenters. The molecule has 0 bridgehead atoms. The van der Waals surface area contributed by atoms with Crippen LogP contribution < -0.4 is 10.6 Å². The molecule has 1 saturated heterocycles. The normalized spacial score (nSPS) is 22.3. The number of rotatable bonds is 2. The number of hydrogen-bond acceptors (Lipinski definition) is 5. The van der Waals surface area contributed by atoms with Gasteiger partial charge in [-0.3, -0.25) is 0 Å². The van der Waals surface area contributed by atoms with Crippen molar-refractivity contribution >= 4 is 23.2 Å². The van der Waals surface area contributed by atoms with Gasteiger partial charge in [-0.1, -0.05) is 12.2 Å². The van der Waals surface area contributed by atoms with Crippen molar-refractivity contribution in [2.24, 2.45) is 5.73 Å². The number of ether oxygens (including phenoxy) is 1. The highest BCUT2D eigenvalue weighted by Gasteiger charge is 2.32. The van der Waals surface area contributed by atoms with Crippen molar-refractivity contribution in [1.82, 2.24) is 9.97 Å². The molecular formula is C13H20N4OS. The van der Waals surface area contributed by atoms with Crippen LogP contribution in [-0.2, 0) is 4.74 Å². The summed E-state index contributed by atoms with van der Waals surface area (Å²) in [5.41, 5.74) is 6.93. The first-order chi connectivity index (χ1) is 8.77. The molecule has 2 rings (SSSR count). The molecule has 1 fully saturated rings. The van der Waals surface area contributed by atoms with Crippen LogP contribution in [0.15, 0.2) is 6.07 Å². The van der Waals surface area contributed by atoms with Gasteiger partial charge in [-0.05, 0) is 33.8 Å². The zero-order valence-corrected chi connectivity index (χ0v) is 12.6. The molecule has 1 aliphatic rings. The summed E-state index contributed by atoms with van der Waals surface area (Å²) in [5, 5.41) is 0. The number of anilines is 1. The van der Waals surface area contributed by atoms with Crippen LogP contribution in [0.4, 0.5) is 5.95 Å². The number of morpholine rings is 1. The molecular weight excluding hydrogens is 260 g/mol. The van der Waals surface area contributed by atoms with Gasteiger partial charge in [0.05, 0.1) is 11.7 Å². The Bertz CT molecular complexity index is 503. The highest BCUT2D eigenvalue weighted by Crippen LogP contribution is 2.24. The summed E-state index contributed by atoms with van der Waals surface area (Å²) in [5.74, 6) is 0.672. The first-order valence-corrected chi connectivity index (χ1v) is 6.76. The maximum atomic E-state index is 5.89. The van der Waals surface area contributed by atoms with Gasteiger partial charge in [-0.15, -0.1) is 0 Å². The zero-order valence-electron chi connectivity index (χ0n) is 11.8. The van der Waals surface area contributed by atoms with E-state index in [1.807, 2.05) is 6.92 Å². The molecule has 2 heterocycles. The number of thiocarbonyl (C=S) groups is 1. The van der Waals surface area contributed by atoms with Crippen molar-refractivity contribution in [1.29, 1.82) is 0 Å². The predicted octanol–water partition coefficient (Wildman–Crippen LogP) is 1.42. The average molecular weight is 280 g/mol. The number of aryl methyl sites for hydroxylation is 1. The van der Waals surface area contributed by atoms with E-state index in [2.05, 4.69) is 35.6 Å². The smallest absolute Gasteiger partial charge is 0.226 e. The fourth-order valence-corrected chi connectivity index (χ4v) is 2.53. The Labute approximate surface area is 119 Å². The van der Waals surface area contributed by atoms with E-state index in [9.17, 15) is 0 Å². The van der Waals surface area contributed by atoms with Crippen LogP contribution in [0.5, 0.6) is 0 Å². The third kappa shape index (κ3) is 3.39. The van der Waals surface area contributed by atoms with Crippen molar-refractivity contribution in [3.8, 4) is 0 Å². The summed E-state index contributed by atoms with van der Waals surface area (Å²) >= 11 is 5.00. The van der Waals surface area contributed by atoms with Gasteiger partial charge >= 0.3 is 0 Å². The van der Waals surface area contributed by atoms with Crippen molar-refractivity contribution in [2.45, 2.75) is 39.4 Å². The van der Waals surface area contributed by atoms with Crippen LogP contribution >= 0.6 is 12.2 Å². The lowest BCUT2D eigenvalue weighted by molar-refractivity contribution is -0.0753. The van der Waals surface area contributed by atoms with E-state index in [4.69, 9.17) is 22.7 Å². The molecule has 104 valence electrons. The minimum Gasteiger partial charge on any atom is -0.388 e. The molecule has 0 spiro atoms. The Hall–Kier alpha value is -1.27. The van der Waals surface area contributed by atoms with Gasteiger partial charge in [-0.2, -0.15) is 0 Å². The van der Waals surface area contributed by atoms with Crippen LogP contribution in [0.1, 0.15) is 32.2 Å². The van der Waals surface area contributed by atoms with Crippen LogP contribution in [0, 0.1) is 6.92 Å². The number of nitrogens with two attached hydrogens (primary N) is 1. The fourth-order valence-electron chi connectivity index (χ4n) is 2.43. The van der Waals surface area contributed by atoms with E-state index in [1.165, 1.54) is 0 Å². The number of nitrogens with zero attached hydrogens (tertiary/aromatic N) is 3. The number of aromatic nitrogens is 2. The maximum Gasteiger partial charge on any atom is 0.226 e. The first kappa shape index (κ1) is 14.1. The molecule has 6 heteroatoms. The summed E-state index contributed by atoms with van der Waals surface area (Å²) in [6.07, 6.45) is 0.140. The summed E-state index contributed by atoms with van der Waals surface area (Å²) in [4.78, 5) is 11.4. The van der Waals surface area contributed by atoms with Crippen molar-refractivity contribution in [3.05, 3.63) is 17.5 Å². The van der Waals surface area contributed by atoms with E-state index in [-0.39, 0.29) is 11.7 Å². The second-order valence-corrected chi connectivity index (χ2v) is 6.07. The van der Waals surface area contributed by atoms with E-state index >= 15 is 0 Å². The molecule has 1 aromatic rings. The highest BCUT2D eigenvalue weighted by atomic mass is 32.1. The minimum absolute atomic E-state index is 0.140. The van der Waals surface area contributed by atoms with Crippen LogP contribution in [0.3, 0.4) is 0 Å². The lowest BCUT2D eigenvalue weighted by Crippen LogP contribution is -2.52. The molecule has 2 N–H and O–H groups in total. The van der Waals surface area contributed by atoms with Crippen LogP contribution in [0.2, 0.25) is 0 Å². The minimum atomic E-state index is -0.214. The Morgan fingerprint density at radius 2 is 2.21 bits per heavy atom. The second-order valence-electron chi connectivity index (χ2n) is 5.63. The Morgan fingerprint density at radius 3 is 2.79 bits per heavy atom. The Balaban J connectivity index is 2.33. The lowest BCUT2D eigenvalue weighted by Gasteiger charge is -2.41. The molecule has 0 amide bonds. The van der Waals surface area contributed by atoms with Gasteiger partial charge < -0.3 is 15.4 Å². The van der Waals surface area contributed by atoms with Gasteiger partial charge in [0.1, 0.15) is 10.7 Å². The largest absolute Gasteiger partial charge is 0.388 e. The van der Waals surface area contributed by atoms with E-state index in [0.717, 1.165) is 18.8 Å². The second kappa shape index (κ2) is 5.02. The highest BCUT2D eigenvalue weighted by molar-refractivity contribution is 7.80. The summed E-state index contributed by atoms with van der Waals surface area (Å²) in [6.45, 7) is 9.63. The monoisotopic (exact) mass is 280 g/mol. The molecule has 1 atom stereocenters. The Morgan fingerprint density at radius 1 is 1.53 bits per heavy atom. The molecule has 0 aliphatic carbocycles. The van der Waals surface area contributed by atoms with Crippen molar-refractivity contribution < 1.29 is 4.74 Å². The van der Waals surface area contributed by atoms with Crippen molar-refractivity contribution in [3.63, 3.8) is 0 Å². The molecule has 0 saturated carbocycles. The van der Waals surface area contributed by atoms with Gasteiger partial charge in [0.25, 0.3) is 0 Å². The van der Waals surface area contributed by atoms with E-state index in [0.29, 0.717) is 16.6 Å². The standard InChI is InChI=1S/C13H20N4OS/c1-8-5-10(11(14)19)16-12(15-8)17-6-9(2)18-13(3,4)7-17/h5,9H,6-7H2,1-4H3,(H2,14,19). The lowest BCUT2D eigenvalue weighted by atomic mass is 10.1. The van der Waals surface area contributed by atoms with Crippen LogP contribution in [0.25, 0.3) is 0 Å². The molecule has 1 aromatic heterocycles. The van der Waals surface area contributed by atoms with Gasteiger partial charge in [0.2, 0.25) is 5.95 Å². The molecule has 5 nitrogen and oxygen atoms in total. The topological polar surface area (TPSA) is 64.3 Å². The molecule has 0 aromatic carbocycles. The molecule has 19 heavy (non-hydrogen) atoms. The maximum absolute atomic E-state index is 5.89. The third-order valence-electron chi connectivity index (χ3n) is 2.95. The zero-order chi connectivity index (χ0) is 14.2. The fraction of sp³-hybridized carbons (Fsp3) is 0.615. The predicted molar refractivity (Wildman–Crippen MR) is 79.5 cm³/mol. The SMILES string of the molecule is Cc1cc(C(N)=S)nc(N2CC(C)OC(C)(C)C2)n1. The quantitative estimate of drug-likeness (QED) is 0.827.